The van der Waals surface area contributed by atoms with Gasteiger partial charge in [-0.2, -0.15) is 5.10 Å². The molecule has 4 fully saturated rings. The maximum atomic E-state index is 16.5. The standard InChI is InChI=1S/C56H63ClF4N8O7/c1-30-44-42(28-40(59)48(57)47(44)46-37(52(62)72)13-14-41(49(46)60)75-26-25-70)76-56(30,35-7-5-4-6-8-35)29-63-36-11-9-34(10-12-36)54(73)68-22-15-32(16-23-68)31(2)67-20-17-33(18-21-67)45-39(58)27-38-51(50(45)61)66(3)65-53(38)69-24-19-43(71)64-55(69)74/h4-8,13-14,27-28,30-34,36,63,70H,9-12,15-26,29H2,1-3H3,(H2,62,72)(H,64,71,74)/t30-,31?,34?,36?,56-/m0/s1. The van der Waals surface area contributed by atoms with Crippen LogP contribution in [-0.4, -0.2) is 113 Å². The zero-order valence-electron chi connectivity index (χ0n) is 42.8. The van der Waals surface area contributed by atoms with Gasteiger partial charge in [-0.05, 0) is 107 Å². The Bertz CT molecular complexity index is 3070. The predicted molar refractivity (Wildman–Crippen MR) is 277 cm³/mol. The van der Waals surface area contributed by atoms with E-state index in [1.165, 1.54) is 33.8 Å². The summed E-state index contributed by atoms with van der Waals surface area (Å²) in [6.07, 6.45) is 5.76. The van der Waals surface area contributed by atoms with E-state index >= 15 is 17.6 Å². The van der Waals surface area contributed by atoms with E-state index in [2.05, 4.69) is 27.6 Å². The van der Waals surface area contributed by atoms with E-state index in [1.54, 1.807) is 7.05 Å². The number of nitrogens with two attached hydrogens (primary N) is 1. The molecule has 20 heteroatoms. The molecule has 3 atom stereocenters. The van der Waals surface area contributed by atoms with E-state index < -0.39 is 64.3 Å². The fourth-order valence-electron chi connectivity index (χ4n) is 12.8. The highest BCUT2D eigenvalue weighted by Crippen LogP contribution is 2.57. The fraction of sp³-hybridized carbons (Fsp3) is 0.482. The zero-order chi connectivity index (χ0) is 53.7. The van der Waals surface area contributed by atoms with Gasteiger partial charge >= 0.3 is 6.03 Å². The first-order valence-electron chi connectivity index (χ1n) is 26.4. The molecule has 404 valence electrons. The lowest BCUT2D eigenvalue weighted by atomic mass is 9.77. The summed E-state index contributed by atoms with van der Waals surface area (Å²) < 4.78 is 78.2. The number of aromatic nitrogens is 2. The maximum absolute atomic E-state index is 16.5. The summed E-state index contributed by atoms with van der Waals surface area (Å²) in [5.74, 6) is -5.13. The Hall–Kier alpha value is -6.28. The molecule has 1 saturated carbocycles. The number of aliphatic hydroxyl groups excluding tert-OH is 1. The largest absolute Gasteiger partial charge is 0.488 e. The van der Waals surface area contributed by atoms with Gasteiger partial charge in [0.1, 0.15) is 29.5 Å². The summed E-state index contributed by atoms with van der Waals surface area (Å²) in [4.78, 5) is 56.8. The number of aryl methyl sites for hydroxylation is 1. The van der Waals surface area contributed by atoms with Crippen molar-refractivity contribution in [1.29, 1.82) is 0 Å². The minimum Gasteiger partial charge on any atom is -0.488 e. The molecule has 1 unspecified atom stereocenters. The van der Waals surface area contributed by atoms with Crippen LogP contribution in [0.15, 0.2) is 54.6 Å². The van der Waals surface area contributed by atoms with Crippen molar-refractivity contribution in [3.8, 4) is 22.6 Å². The normalized spacial score (nSPS) is 23.1. The second-order valence-corrected chi connectivity index (χ2v) is 21.5. The Morgan fingerprint density at radius 3 is 2.30 bits per heavy atom. The molecule has 5 amide bonds. The number of rotatable bonds is 14. The van der Waals surface area contributed by atoms with E-state index in [1.807, 2.05) is 42.2 Å². The van der Waals surface area contributed by atoms with Crippen molar-refractivity contribution in [1.82, 2.24) is 30.2 Å². The van der Waals surface area contributed by atoms with Gasteiger partial charge in [0.05, 0.1) is 22.6 Å². The molecule has 3 saturated heterocycles. The lowest BCUT2D eigenvalue weighted by Crippen LogP contribution is -2.50. The van der Waals surface area contributed by atoms with Crippen molar-refractivity contribution >= 4 is 52.1 Å². The first-order valence-corrected chi connectivity index (χ1v) is 26.7. The number of anilines is 1. The van der Waals surface area contributed by atoms with Crippen LogP contribution in [0.1, 0.15) is 111 Å². The SMILES string of the molecule is CC(C1CCN(C(=O)C2CCC(NC[C@]3(c4ccccc4)Oc4cc(F)c(Cl)c(-c5c(C(N)=O)ccc(OCCO)c5F)c4[C@@H]3C)CC2)CC1)N1CCC(c2c(F)cc3c(N4CCC(=O)NC4=O)nn(C)c3c2F)CC1. The minimum absolute atomic E-state index is 0.0287. The Balaban J connectivity index is 0.748. The van der Waals surface area contributed by atoms with Gasteiger partial charge in [0, 0.05) is 91.9 Å². The summed E-state index contributed by atoms with van der Waals surface area (Å²) in [6, 6.07) is 14.0. The highest BCUT2D eigenvalue weighted by molar-refractivity contribution is 6.34. The van der Waals surface area contributed by atoms with Gasteiger partial charge in [-0.15, -0.1) is 0 Å². The summed E-state index contributed by atoms with van der Waals surface area (Å²) in [5.41, 5.74) is 5.32. The quantitative estimate of drug-likeness (QED) is 0.0788. The Kier molecular flexibility index (Phi) is 15.1. The number of benzene rings is 4. The Morgan fingerprint density at radius 2 is 1.63 bits per heavy atom. The molecule has 15 nitrogen and oxygen atoms in total. The number of imide groups is 1. The topological polar surface area (TPSA) is 185 Å². The summed E-state index contributed by atoms with van der Waals surface area (Å²) in [5, 5.41) is 19.5. The number of likely N-dealkylation sites (tertiary alicyclic amines) is 2. The molecule has 5 aromatic rings. The number of ether oxygens (including phenoxy) is 2. The first-order chi connectivity index (χ1) is 36.5. The fourth-order valence-corrected chi connectivity index (χ4v) is 13.0. The molecule has 5 N–H and O–H groups in total. The molecule has 76 heavy (non-hydrogen) atoms. The highest BCUT2D eigenvalue weighted by atomic mass is 35.5. The molecule has 1 aliphatic carbocycles. The third-order valence-corrected chi connectivity index (χ3v) is 17.4. The number of halogens is 5. The summed E-state index contributed by atoms with van der Waals surface area (Å²) in [7, 11) is 1.56. The Morgan fingerprint density at radius 1 is 0.921 bits per heavy atom. The number of urea groups is 1. The molecule has 0 bridgehead atoms. The molecule has 5 aliphatic rings. The summed E-state index contributed by atoms with van der Waals surface area (Å²) in [6.45, 7) is 6.48. The van der Waals surface area contributed by atoms with Crippen LogP contribution in [0.4, 0.5) is 28.2 Å². The number of primary amides is 1. The van der Waals surface area contributed by atoms with Crippen LogP contribution in [0.5, 0.6) is 11.5 Å². The van der Waals surface area contributed by atoms with Gasteiger partial charge in [-0.25, -0.2) is 22.4 Å². The number of hydrogen-bond acceptors (Lipinski definition) is 10. The van der Waals surface area contributed by atoms with Crippen LogP contribution in [0.25, 0.3) is 22.0 Å². The average Bonchev–Trinajstić information content (AvgIpc) is 3.90. The van der Waals surface area contributed by atoms with Crippen molar-refractivity contribution in [3.63, 3.8) is 0 Å². The number of piperidine rings is 2. The van der Waals surface area contributed by atoms with E-state index in [-0.39, 0.29) is 106 Å². The Labute approximate surface area is 443 Å². The zero-order valence-corrected chi connectivity index (χ0v) is 43.5. The molecular weight excluding hydrogens is 1010 g/mol. The van der Waals surface area contributed by atoms with Crippen LogP contribution in [-0.2, 0) is 22.2 Å². The number of nitrogens with one attached hydrogen (secondary N) is 2. The van der Waals surface area contributed by atoms with E-state index in [0.29, 0.717) is 63.3 Å². The molecule has 10 rings (SSSR count). The predicted octanol–water partition coefficient (Wildman–Crippen LogP) is 8.41. The molecule has 0 radical (unpaired) electrons. The smallest absolute Gasteiger partial charge is 0.329 e. The molecule has 0 spiro atoms. The minimum atomic E-state index is -1.13. The van der Waals surface area contributed by atoms with Gasteiger partial charge in [-0.1, -0.05) is 48.9 Å². The number of carbonyl (C=O) groups excluding carboxylic acids is 4. The van der Waals surface area contributed by atoms with E-state index in [4.69, 9.17) is 26.8 Å². The molecule has 4 aromatic carbocycles. The highest BCUT2D eigenvalue weighted by Gasteiger charge is 2.50. The average molecular weight is 1070 g/mol. The summed E-state index contributed by atoms with van der Waals surface area (Å²) >= 11 is 6.72. The van der Waals surface area contributed by atoms with Crippen molar-refractivity contribution < 1.29 is 51.3 Å². The molecule has 5 heterocycles. The van der Waals surface area contributed by atoms with Gasteiger partial charge in [0.25, 0.3) is 0 Å². The second kappa shape index (κ2) is 21.6. The number of nitrogens with zero attached hydrogens (tertiary/aromatic N) is 5. The molecule has 1 aromatic heterocycles. The van der Waals surface area contributed by atoms with Gasteiger partial charge in [-0.3, -0.25) is 29.3 Å². The lowest BCUT2D eigenvalue weighted by Gasteiger charge is -2.43. The van der Waals surface area contributed by atoms with Crippen LogP contribution >= 0.6 is 11.6 Å². The van der Waals surface area contributed by atoms with Crippen molar-refractivity contribution in [3.05, 3.63) is 105 Å². The van der Waals surface area contributed by atoms with Gasteiger partial charge in [0.15, 0.2) is 28.8 Å². The lowest BCUT2D eigenvalue weighted by molar-refractivity contribution is -0.138. The maximum Gasteiger partial charge on any atom is 0.329 e. The van der Waals surface area contributed by atoms with E-state index in [9.17, 15) is 24.3 Å². The van der Waals surface area contributed by atoms with Crippen molar-refractivity contribution in [2.24, 2.45) is 24.6 Å². The third-order valence-electron chi connectivity index (χ3n) is 17.0. The van der Waals surface area contributed by atoms with Crippen LogP contribution < -0.4 is 30.7 Å². The van der Waals surface area contributed by atoms with Crippen LogP contribution in [0, 0.1) is 35.1 Å². The van der Waals surface area contributed by atoms with Gasteiger partial charge in [0.2, 0.25) is 17.7 Å². The number of hydrogen-bond donors (Lipinski definition) is 4. The number of fused-ring (bicyclic) bond motifs is 2. The second-order valence-electron chi connectivity index (χ2n) is 21.1. The number of amides is 5. The van der Waals surface area contributed by atoms with Crippen molar-refractivity contribution in [2.75, 3.05) is 57.4 Å². The third kappa shape index (κ3) is 9.65. The number of aliphatic hydroxyl groups is 1. The van der Waals surface area contributed by atoms with Crippen molar-refractivity contribution in [2.45, 2.75) is 101 Å². The van der Waals surface area contributed by atoms with Crippen LogP contribution in [0.2, 0.25) is 5.02 Å². The number of carbonyl (C=O) groups is 4. The van der Waals surface area contributed by atoms with Crippen LogP contribution in [0.3, 0.4) is 0 Å². The van der Waals surface area contributed by atoms with Gasteiger partial charge < -0.3 is 35.4 Å². The molecule has 4 aliphatic heterocycles. The molecular formula is C56H63ClF4N8O7. The first kappa shape index (κ1) is 53.1. The monoisotopic (exact) mass is 1070 g/mol. The van der Waals surface area contributed by atoms with E-state index in [0.717, 1.165) is 31.2 Å².